The Morgan fingerprint density at radius 3 is 2.71 bits per heavy atom. The maximum Gasteiger partial charge on any atom is 0.339 e. The number of hydrogen-bond acceptors (Lipinski definition) is 3. The van der Waals surface area contributed by atoms with Gasteiger partial charge in [-0.3, -0.25) is 0 Å². The van der Waals surface area contributed by atoms with Crippen molar-refractivity contribution < 1.29 is 14.3 Å². The number of nitrogens with one attached hydrogen (secondary N) is 1. The first-order chi connectivity index (χ1) is 7.90. The molecule has 17 heavy (non-hydrogen) atoms. The first-order valence-electron chi connectivity index (χ1n) is 5.55. The lowest BCUT2D eigenvalue weighted by Crippen LogP contribution is -2.20. The second-order valence-electron chi connectivity index (χ2n) is 4.53. The Kier molecular flexibility index (Phi) is 4.43. The summed E-state index contributed by atoms with van der Waals surface area (Å²) in [4.78, 5) is 14.7. The summed E-state index contributed by atoms with van der Waals surface area (Å²) >= 11 is 0. The van der Waals surface area contributed by atoms with Crippen LogP contribution < -0.4 is 5.32 Å². The van der Waals surface area contributed by atoms with E-state index in [-0.39, 0.29) is 17.4 Å². The number of rotatable bonds is 5. The molecule has 1 atom stereocenters. The first-order valence-corrected chi connectivity index (χ1v) is 5.55. The van der Waals surface area contributed by atoms with Crippen molar-refractivity contribution in [3.05, 3.63) is 23.6 Å². The molecule has 4 nitrogen and oxygen atoms in total. The second-order valence-corrected chi connectivity index (χ2v) is 4.53. The molecule has 0 saturated heterocycles. The van der Waals surface area contributed by atoms with Crippen LogP contribution >= 0.6 is 0 Å². The average molecular weight is 240 g/mol. The number of carboxylic acids is 1. The molecule has 0 aliphatic heterocycles. The lowest BCUT2D eigenvalue weighted by Gasteiger charge is -2.17. The standard InChI is InChI=1S/C12H17FN2O2/c1-7(2)4-8(3)15-11-10(12(16)17)5-9(13)6-14-11/h5-8H,4H2,1-3H3,(H,14,15)(H,16,17). The van der Waals surface area contributed by atoms with E-state index in [9.17, 15) is 9.18 Å². The SMILES string of the molecule is CC(C)CC(C)Nc1ncc(F)cc1C(=O)O. The van der Waals surface area contributed by atoms with Crippen LogP contribution in [-0.4, -0.2) is 22.1 Å². The van der Waals surface area contributed by atoms with Gasteiger partial charge in [-0.2, -0.15) is 0 Å². The molecule has 1 aromatic rings. The Labute approximate surface area is 99.9 Å². The van der Waals surface area contributed by atoms with Crippen molar-refractivity contribution in [2.45, 2.75) is 33.2 Å². The van der Waals surface area contributed by atoms with Gasteiger partial charge >= 0.3 is 5.97 Å². The van der Waals surface area contributed by atoms with Gasteiger partial charge < -0.3 is 10.4 Å². The summed E-state index contributed by atoms with van der Waals surface area (Å²) in [6.07, 6.45) is 1.90. The Bertz CT molecular complexity index is 407. The van der Waals surface area contributed by atoms with E-state index in [4.69, 9.17) is 5.11 Å². The Morgan fingerprint density at radius 2 is 2.18 bits per heavy atom. The van der Waals surface area contributed by atoms with Gasteiger partial charge in [-0.1, -0.05) is 13.8 Å². The highest BCUT2D eigenvalue weighted by Gasteiger charge is 2.15. The Balaban J connectivity index is 2.86. The molecule has 1 unspecified atom stereocenters. The van der Waals surface area contributed by atoms with Gasteiger partial charge in [0.2, 0.25) is 0 Å². The highest BCUT2D eigenvalue weighted by atomic mass is 19.1. The molecular formula is C12H17FN2O2. The molecule has 1 rings (SSSR count). The van der Waals surface area contributed by atoms with Gasteiger partial charge in [0, 0.05) is 6.04 Å². The highest BCUT2D eigenvalue weighted by molar-refractivity contribution is 5.93. The normalized spacial score (nSPS) is 12.5. The van der Waals surface area contributed by atoms with Gasteiger partial charge in [-0.15, -0.1) is 0 Å². The van der Waals surface area contributed by atoms with E-state index in [0.29, 0.717) is 5.92 Å². The fourth-order valence-corrected chi connectivity index (χ4v) is 1.72. The van der Waals surface area contributed by atoms with E-state index in [1.54, 1.807) is 0 Å². The summed E-state index contributed by atoms with van der Waals surface area (Å²) in [5.74, 6) is -1.13. The third kappa shape index (κ3) is 4.01. The first kappa shape index (κ1) is 13.4. The third-order valence-electron chi connectivity index (χ3n) is 2.29. The number of halogens is 1. The number of aromatic nitrogens is 1. The number of pyridine rings is 1. The van der Waals surface area contributed by atoms with E-state index in [2.05, 4.69) is 24.1 Å². The number of carboxylic acid groups (broad SMARTS) is 1. The zero-order valence-corrected chi connectivity index (χ0v) is 10.2. The number of nitrogens with zero attached hydrogens (tertiary/aromatic N) is 1. The maximum absolute atomic E-state index is 12.9. The summed E-state index contributed by atoms with van der Waals surface area (Å²) in [5, 5.41) is 11.9. The van der Waals surface area contributed by atoms with Crippen molar-refractivity contribution in [3.8, 4) is 0 Å². The van der Waals surface area contributed by atoms with Gasteiger partial charge in [0.1, 0.15) is 17.2 Å². The Hall–Kier alpha value is -1.65. The van der Waals surface area contributed by atoms with Crippen molar-refractivity contribution in [1.29, 1.82) is 0 Å². The molecule has 1 aromatic heterocycles. The second kappa shape index (κ2) is 5.61. The minimum atomic E-state index is -1.18. The van der Waals surface area contributed by atoms with Crippen molar-refractivity contribution in [2.24, 2.45) is 5.92 Å². The lowest BCUT2D eigenvalue weighted by atomic mass is 10.1. The summed E-state index contributed by atoms with van der Waals surface area (Å²) in [5.41, 5.74) is -0.138. The van der Waals surface area contributed by atoms with E-state index >= 15 is 0 Å². The Morgan fingerprint density at radius 1 is 1.53 bits per heavy atom. The molecule has 0 radical (unpaired) electrons. The van der Waals surface area contributed by atoms with Crippen LogP contribution in [0.1, 0.15) is 37.6 Å². The zero-order chi connectivity index (χ0) is 13.0. The topological polar surface area (TPSA) is 62.2 Å². The van der Waals surface area contributed by atoms with Crippen LogP contribution in [0.5, 0.6) is 0 Å². The highest BCUT2D eigenvalue weighted by Crippen LogP contribution is 2.16. The predicted molar refractivity (Wildman–Crippen MR) is 63.7 cm³/mol. The molecule has 0 amide bonds. The van der Waals surface area contributed by atoms with Crippen LogP contribution in [-0.2, 0) is 0 Å². The van der Waals surface area contributed by atoms with E-state index < -0.39 is 11.8 Å². The molecule has 0 aromatic carbocycles. The van der Waals surface area contributed by atoms with Gasteiger partial charge in [0.15, 0.2) is 0 Å². The van der Waals surface area contributed by atoms with Crippen LogP contribution in [0.2, 0.25) is 0 Å². The summed E-state index contributed by atoms with van der Waals surface area (Å²) in [7, 11) is 0. The van der Waals surface area contributed by atoms with Crippen LogP contribution in [0.4, 0.5) is 10.2 Å². The zero-order valence-electron chi connectivity index (χ0n) is 10.2. The van der Waals surface area contributed by atoms with Gasteiger partial charge in [0.05, 0.1) is 6.20 Å². The number of hydrogen-bond donors (Lipinski definition) is 2. The van der Waals surface area contributed by atoms with Gasteiger partial charge in [-0.05, 0) is 25.3 Å². The quantitative estimate of drug-likeness (QED) is 0.830. The third-order valence-corrected chi connectivity index (χ3v) is 2.29. The average Bonchev–Trinajstić information content (AvgIpc) is 2.19. The molecule has 0 aliphatic carbocycles. The van der Waals surface area contributed by atoms with Gasteiger partial charge in [-0.25, -0.2) is 14.2 Å². The van der Waals surface area contributed by atoms with Crippen LogP contribution in [0.25, 0.3) is 0 Å². The fraction of sp³-hybridized carbons (Fsp3) is 0.500. The predicted octanol–water partition coefficient (Wildman–Crippen LogP) is 2.77. The smallest absolute Gasteiger partial charge is 0.339 e. The van der Waals surface area contributed by atoms with Crippen LogP contribution in [0.15, 0.2) is 12.3 Å². The van der Waals surface area contributed by atoms with E-state index in [1.165, 1.54) is 0 Å². The molecule has 94 valence electrons. The molecule has 0 fully saturated rings. The molecule has 5 heteroatoms. The van der Waals surface area contributed by atoms with E-state index in [1.807, 2.05) is 6.92 Å². The van der Waals surface area contributed by atoms with Gasteiger partial charge in [0.25, 0.3) is 0 Å². The number of anilines is 1. The molecule has 0 spiro atoms. The van der Waals surface area contributed by atoms with Crippen molar-refractivity contribution in [2.75, 3.05) is 5.32 Å². The van der Waals surface area contributed by atoms with Crippen molar-refractivity contribution >= 4 is 11.8 Å². The van der Waals surface area contributed by atoms with Crippen molar-refractivity contribution in [3.63, 3.8) is 0 Å². The lowest BCUT2D eigenvalue weighted by molar-refractivity contribution is 0.0697. The summed E-state index contributed by atoms with van der Waals surface area (Å²) in [6, 6.07) is 1.06. The molecular weight excluding hydrogens is 223 g/mol. The minimum absolute atomic E-state index is 0.0889. The summed E-state index contributed by atoms with van der Waals surface area (Å²) < 4.78 is 12.9. The van der Waals surface area contributed by atoms with Crippen LogP contribution in [0.3, 0.4) is 0 Å². The van der Waals surface area contributed by atoms with Crippen molar-refractivity contribution in [1.82, 2.24) is 4.98 Å². The molecule has 1 heterocycles. The molecule has 0 saturated carbocycles. The number of carbonyl (C=O) groups is 1. The maximum atomic E-state index is 12.9. The van der Waals surface area contributed by atoms with E-state index in [0.717, 1.165) is 18.7 Å². The number of aromatic carboxylic acids is 1. The summed E-state index contributed by atoms with van der Waals surface area (Å²) in [6.45, 7) is 6.10. The monoisotopic (exact) mass is 240 g/mol. The van der Waals surface area contributed by atoms with Crippen LogP contribution in [0, 0.1) is 11.7 Å². The minimum Gasteiger partial charge on any atom is -0.478 e. The molecule has 2 N–H and O–H groups in total. The molecule has 0 aliphatic rings. The fourth-order valence-electron chi connectivity index (χ4n) is 1.72. The molecule has 0 bridgehead atoms. The largest absolute Gasteiger partial charge is 0.478 e.